The second-order valence-corrected chi connectivity index (χ2v) is 4.93. The van der Waals surface area contributed by atoms with Gasteiger partial charge in [-0.25, -0.2) is 0 Å². The van der Waals surface area contributed by atoms with E-state index in [4.69, 9.17) is 0 Å². The van der Waals surface area contributed by atoms with Gasteiger partial charge < -0.3 is 5.11 Å². The largest absolute Gasteiger partial charge is 0.393 e. The topological polar surface area (TPSA) is 20.2 Å². The average molecular weight is 218 g/mol. The summed E-state index contributed by atoms with van der Waals surface area (Å²) >= 11 is 0. The lowest BCUT2D eigenvalue weighted by molar-refractivity contribution is 0.160. The van der Waals surface area contributed by atoms with Crippen LogP contribution in [0.15, 0.2) is 24.3 Å². The minimum atomic E-state index is -0.130. The number of hydrogen-bond acceptors (Lipinski definition) is 1. The number of benzene rings is 1. The summed E-state index contributed by atoms with van der Waals surface area (Å²) in [4.78, 5) is 0. The first-order chi connectivity index (χ1) is 7.81. The first-order valence-corrected chi connectivity index (χ1v) is 6.57. The van der Waals surface area contributed by atoms with Crippen LogP contribution in [0.5, 0.6) is 0 Å². The summed E-state index contributed by atoms with van der Waals surface area (Å²) < 4.78 is 0. The Morgan fingerprint density at radius 3 is 2.69 bits per heavy atom. The zero-order chi connectivity index (χ0) is 11.4. The molecule has 0 spiro atoms. The van der Waals surface area contributed by atoms with E-state index in [1.807, 2.05) is 6.92 Å². The van der Waals surface area contributed by atoms with Crippen molar-refractivity contribution in [2.75, 3.05) is 0 Å². The molecule has 1 atom stereocenters. The molecule has 0 aromatic heterocycles. The molecule has 16 heavy (non-hydrogen) atoms. The third kappa shape index (κ3) is 2.65. The van der Waals surface area contributed by atoms with Crippen molar-refractivity contribution in [1.82, 2.24) is 0 Å². The third-order valence-electron chi connectivity index (χ3n) is 3.82. The van der Waals surface area contributed by atoms with Gasteiger partial charge in [-0.05, 0) is 49.1 Å². The van der Waals surface area contributed by atoms with E-state index in [9.17, 15) is 5.11 Å². The number of aliphatic hydroxyl groups excluding tert-OH is 1. The van der Waals surface area contributed by atoms with Gasteiger partial charge in [-0.15, -0.1) is 0 Å². The molecule has 1 saturated carbocycles. The zero-order valence-electron chi connectivity index (χ0n) is 10.2. The summed E-state index contributed by atoms with van der Waals surface area (Å²) in [6.07, 6.45) is 6.76. The highest BCUT2D eigenvalue weighted by molar-refractivity contribution is 5.31. The fraction of sp³-hybridized carbons (Fsp3) is 0.600. The van der Waals surface area contributed by atoms with Gasteiger partial charge in [-0.3, -0.25) is 0 Å². The van der Waals surface area contributed by atoms with E-state index in [0.29, 0.717) is 0 Å². The van der Waals surface area contributed by atoms with Crippen LogP contribution in [0.1, 0.15) is 56.1 Å². The van der Waals surface area contributed by atoms with Crippen LogP contribution in [-0.4, -0.2) is 11.2 Å². The van der Waals surface area contributed by atoms with E-state index in [2.05, 4.69) is 24.3 Å². The van der Waals surface area contributed by atoms with Crippen LogP contribution in [0.2, 0.25) is 0 Å². The molecule has 0 aliphatic heterocycles. The van der Waals surface area contributed by atoms with Gasteiger partial charge in [0.25, 0.3) is 0 Å². The minimum Gasteiger partial charge on any atom is -0.393 e. The minimum absolute atomic E-state index is 0.130. The third-order valence-corrected chi connectivity index (χ3v) is 3.82. The van der Waals surface area contributed by atoms with Crippen molar-refractivity contribution in [3.05, 3.63) is 35.4 Å². The fourth-order valence-electron chi connectivity index (χ4n) is 2.41. The Morgan fingerprint density at radius 1 is 1.31 bits per heavy atom. The molecule has 1 aliphatic carbocycles. The summed E-state index contributed by atoms with van der Waals surface area (Å²) in [5.41, 5.74) is 3.00. The van der Waals surface area contributed by atoms with E-state index in [1.165, 1.54) is 30.4 Å². The standard InChI is InChI=1S/C15H22O/c1-2-14(16)11-10-13-6-3-4-9-15(13)12-7-5-8-12/h3-4,6,9,12,14,16H,2,5,7-8,10-11H2,1H3. The van der Waals surface area contributed by atoms with Crippen LogP contribution >= 0.6 is 0 Å². The Hall–Kier alpha value is -0.820. The Bertz CT molecular complexity index is 328. The average Bonchev–Trinajstić information content (AvgIpc) is 2.25. The van der Waals surface area contributed by atoms with Crippen LogP contribution in [-0.2, 0) is 6.42 Å². The maximum atomic E-state index is 9.62. The molecular formula is C15H22O. The van der Waals surface area contributed by atoms with Crippen LogP contribution in [0.25, 0.3) is 0 Å². The van der Waals surface area contributed by atoms with Crippen molar-refractivity contribution in [2.45, 2.75) is 57.5 Å². The Balaban J connectivity index is 2.01. The molecule has 1 heteroatoms. The molecule has 0 radical (unpaired) electrons. The van der Waals surface area contributed by atoms with Gasteiger partial charge in [0.1, 0.15) is 0 Å². The molecule has 0 heterocycles. The van der Waals surface area contributed by atoms with Gasteiger partial charge >= 0.3 is 0 Å². The molecule has 1 N–H and O–H groups in total. The quantitative estimate of drug-likeness (QED) is 0.799. The molecule has 1 aliphatic rings. The summed E-state index contributed by atoms with van der Waals surface area (Å²) in [5.74, 6) is 0.801. The first-order valence-electron chi connectivity index (χ1n) is 6.57. The molecule has 0 bridgehead atoms. The lowest BCUT2D eigenvalue weighted by atomic mass is 9.77. The maximum absolute atomic E-state index is 9.62. The van der Waals surface area contributed by atoms with Gasteiger partial charge in [0.15, 0.2) is 0 Å². The van der Waals surface area contributed by atoms with Crippen molar-refractivity contribution in [2.24, 2.45) is 0 Å². The van der Waals surface area contributed by atoms with Gasteiger partial charge in [-0.1, -0.05) is 37.6 Å². The van der Waals surface area contributed by atoms with E-state index < -0.39 is 0 Å². The summed E-state index contributed by atoms with van der Waals surface area (Å²) in [7, 11) is 0. The summed E-state index contributed by atoms with van der Waals surface area (Å²) in [6.45, 7) is 2.04. The van der Waals surface area contributed by atoms with Gasteiger partial charge in [0.05, 0.1) is 6.10 Å². The van der Waals surface area contributed by atoms with E-state index >= 15 is 0 Å². The van der Waals surface area contributed by atoms with Crippen LogP contribution in [0.4, 0.5) is 0 Å². The monoisotopic (exact) mass is 218 g/mol. The maximum Gasteiger partial charge on any atom is 0.0540 e. The normalized spacial score (nSPS) is 18.1. The molecule has 1 fully saturated rings. The highest BCUT2D eigenvalue weighted by atomic mass is 16.3. The molecule has 1 aromatic carbocycles. The predicted molar refractivity (Wildman–Crippen MR) is 67.7 cm³/mol. The highest BCUT2D eigenvalue weighted by Gasteiger charge is 2.21. The van der Waals surface area contributed by atoms with E-state index in [1.54, 1.807) is 0 Å². The van der Waals surface area contributed by atoms with Crippen molar-refractivity contribution in [1.29, 1.82) is 0 Å². The molecule has 0 amide bonds. The molecule has 1 nitrogen and oxygen atoms in total. The Labute approximate surface area is 98.5 Å². The van der Waals surface area contributed by atoms with Crippen LogP contribution in [0, 0.1) is 0 Å². The fourth-order valence-corrected chi connectivity index (χ4v) is 2.41. The smallest absolute Gasteiger partial charge is 0.0540 e. The lowest BCUT2D eigenvalue weighted by Crippen LogP contribution is -2.12. The number of rotatable bonds is 5. The van der Waals surface area contributed by atoms with Gasteiger partial charge in [0.2, 0.25) is 0 Å². The number of aliphatic hydroxyl groups is 1. The van der Waals surface area contributed by atoms with Crippen molar-refractivity contribution >= 4 is 0 Å². The second kappa shape index (κ2) is 5.49. The summed E-state index contributed by atoms with van der Waals surface area (Å²) in [5, 5.41) is 9.62. The van der Waals surface area contributed by atoms with Crippen molar-refractivity contribution < 1.29 is 5.11 Å². The summed E-state index contributed by atoms with van der Waals surface area (Å²) in [6, 6.07) is 8.77. The molecule has 1 aromatic rings. The second-order valence-electron chi connectivity index (χ2n) is 4.93. The highest BCUT2D eigenvalue weighted by Crippen LogP contribution is 2.38. The van der Waals surface area contributed by atoms with Crippen molar-refractivity contribution in [3.63, 3.8) is 0 Å². The number of aryl methyl sites for hydroxylation is 1. The van der Waals surface area contributed by atoms with E-state index in [0.717, 1.165) is 25.2 Å². The molecule has 88 valence electrons. The molecular weight excluding hydrogens is 196 g/mol. The van der Waals surface area contributed by atoms with E-state index in [-0.39, 0.29) is 6.10 Å². The lowest BCUT2D eigenvalue weighted by Gasteiger charge is -2.28. The van der Waals surface area contributed by atoms with Crippen molar-refractivity contribution in [3.8, 4) is 0 Å². The zero-order valence-corrected chi connectivity index (χ0v) is 10.2. The Morgan fingerprint density at radius 2 is 2.06 bits per heavy atom. The van der Waals surface area contributed by atoms with Gasteiger partial charge in [0, 0.05) is 0 Å². The molecule has 1 unspecified atom stereocenters. The van der Waals surface area contributed by atoms with Gasteiger partial charge in [-0.2, -0.15) is 0 Å². The Kier molecular flexibility index (Phi) is 4.00. The predicted octanol–water partition coefficient (Wildman–Crippen LogP) is 3.66. The molecule has 2 rings (SSSR count). The molecule has 0 saturated heterocycles. The van der Waals surface area contributed by atoms with Crippen LogP contribution < -0.4 is 0 Å². The first kappa shape index (κ1) is 11.7. The SMILES string of the molecule is CCC(O)CCc1ccccc1C1CCC1. The van der Waals surface area contributed by atoms with Crippen LogP contribution in [0.3, 0.4) is 0 Å². The number of hydrogen-bond donors (Lipinski definition) is 1.